The molecule has 0 unspecified atom stereocenters. The van der Waals surface area contributed by atoms with Gasteiger partial charge < -0.3 is 0 Å². The van der Waals surface area contributed by atoms with Gasteiger partial charge in [-0.25, -0.2) is 10.4 Å². The summed E-state index contributed by atoms with van der Waals surface area (Å²) in [5.41, 5.74) is 3.63. The number of rotatable bonds is 4. The fraction of sp³-hybridized carbons (Fsp3) is 0.143. The van der Waals surface area contributed by atoms with Gasteiger partial charge in [0.15, 0.2) is 5.13 Å². The van der Waals surface area contributed by atoms with Gasteiger partial charge in [-0.2, -0.15) is 5.10 Å². The van der Waals surface area contributed by atoms with E-state index in [9.17, 15) is 9.59 Å². The Morgan fingerprint density at radius 3 is 2.62 bits per heavy atom. The van der Waals surface area contributed by atoms with Crippen molar-refractivity contribution in [2.75, 3.05) is 4.90 Å². The SMILES string of the molecule is CC(=O)N/N=C\c1csc(N(C(C)=O)c2ccccc2)n1. The third-order valence-corrected chi connectivity index (χ3v) is 3.29. The van der Waals surface area contributed by atoms with Crippen LogP contribution in [-0.4, -0.2) is 23.0 Å². The molecular weight excluding hydrogens is 288 g/mol. The summed E-state index contributed by atoms with van der Waals surface area (Å²) < 4.78 is 0. The second-order valence-electron chi connectivity index (χ2n) is 4.17. The fourth-order valence-electron chi connectivity index (χ4n) is 1.63. The van der Waals surface area contributed by atoms with Gasteiger partial charge in [0.25, 0.3) is 0 Å². The first-order valence-corrected chi connectivity index (χ1v) is 7.07. The highest BCUT2D eigenvalue weighted by atomic mass is 32.1. The van der Waals surface area contributed by atoms with Crippen molar-refractivity contribution in [2.45, 2.75) is 13.8 Å². The van der Waals surface area contributed by atoms with Crippen molar-refractivity contribution in [3.05, 3.63) is 41.4 Å². The van der Waals surface area contributed by atoms with Crippen LogP contribution < -0.4 is 10.3 Å². The van der Waals surface area contributed by atoms with Crippen molar-refractivity contribution >= 4 is 40.2 Å². The minimum Gasteiger partial charge on any atom is -0.274 e. The average Bonchev–Trinajstić information content (AvgIpc) is 2.88. The molecule has 0 aliphatic carbocycles. The first kappa shape index (κ1) is 14.9. The molecule has 2 rings (SSSR count). The van der Waals surface area contributed by atoms with Crippen LogP contribution in [0.4, 0.5) is 10.8 Å². The van der Waals surface area contributed by atoms with Gasteiger partial charge in [-0.3, -0.25) is 14.5 Å². The van der Waals surface area contributed by atoms with Gasteiger partial charge in [0.2, 0.25) is 11.8 Å². The second-order valence-corrected chi connectivity index (χ2v) is 5.01. The minimum absolute atomic E-state index is 0.124. The quantitative estimate of drug-likeness (QED) is 0.695. The molecule has 7 heteroatoms. The highest BCUT2D eigenvalue weighted by molar-refractivity contribution is 7.14. The molecule has 0 saturated heterocycles. The molecular formula is C14H14N4O2S. The summed E-state index contributed by atoms with van der Waals surface area (Å²) >= 11 is 1.33. The van der Waals surface area contributed by atoms with Crippen molar-refractivity contribution in [2.24, 2.45) is 5.10 Å². The smallest absolute Gasteiger partial charge is 0.236 e. The number of carbonyl (C=O) groups excluding carboxylic acids is 2. The normalized spacial score (nSPS) is 10.6. The molecule has 0 aliphatic rings. The first-order valence-electron chi connectivity index (χ1n) is 6.19. The summed E-state index contributed by atoms with van der Waals surface area (Å²) in [6.45, 7) is 2.86. The third kappa shape index (κ3) is 3.96. The highest BCUT2D eigenvalue weighted by Gasteiger charge is 2.17. The molecule has 2 amide bonds. The van der Waals surface area contributed by atoms with Crippen LogP contribution >= 0.6 is 11.3 Å². The Kier molecular flexibility index (Phi) is 4.78. The van der Waals surface area contributed by atoms with E-state index in [0.29, 0.717) is 10.8 Å². The zero-order valence-corrected chi connectivity index (χ0v) is 12.4. The summed E-state index contributed by atoms with van der Waals surface area (Å²) in [5.74, 6) is -0.378. The maximum absolute atomic E-state index is 11.9. The number of nitrogens with zero attached hydrogens (tertiary/aromatic N) is 3. The maximum atomic E-state index is 11.9. The highest BCUT2D eigenvalue weighted by Crippen LogP contribution is 2.28. The van der Waals surface area contributed by atoms with Crippen LogP contribution in [-0.2, 0) is 9.59 Å². The zero-order valence-electron chi connectivity index (χ0n) is 11.6. The Hall–Kier alpha value is -2.54. The molecule has 0 radical (unpaired) electrons. The maximum Gasteiger partial charge on any atom is 0.236 e. The molecule has 0 fully saturated rings. The van der Waals surface area contributed by atoms with Crippen molar-refractivity contribution in [1.82, 2.24) is 10.4 Å². The third-order valence-electron chi connectivity index (χ3n) is 2.45. The number of hydrogen-bond acceptors (Lipinski definition) is 5. The average molecular weight is 302 g/mol. The summed E-state index contributed by atoms with van der Waals surface area (Å²) in [6.07, 6.45) is 1.44. The van der Waals surface area contributed by atoms with Crippen LogP contribution in [0.15, 0.2) is 40.8 Å². The molecule has 1 aromatic carbocycles. The number of anilines is 2. The van der Waals surface area contributed by atoms with Gasteiger partial charge in [0, 0.05) is 19.2 Å². The number of thiazole rings is 1. The number of hydrazone groups is 1. The van der Waals surface area contributed by atoms with E-state index in [1.54, 1.807) is 5.38 Å². The molecule has 2 aromatic rings. The number of para-hydroxylation sites is 1. The largest absolute Gasteiger partial charge is 0.274 e. The Balaban J connectivity index is 2.23. The molecule has 1 heterocycles. The van der Waals surface area contributed by atoms with E-state index < -0.39 is 0 Å². The van der Waals surface area contributed by atoms with Gasteiger partial charge in [-0.15, -0.1) is 11.3 Å². The molecule has 1 aromatic heterocycles. The van der Waals surface area contributed by atoms with Gasteiger partial charge >= 0.3 is 0 Å². The molecule has 0 aliphatic heterocycles. The first-order chi connectivity index (χ1) is 10.1. The predicted molar refractivity (Wildman–Crippen MR) is 82.8 cm³/mol. The Bertz CT molecular complexity index is 667. The van der Waals surface area contributed by atoms with Crippen LogP contribution in [0.3, 0.4) is 0 Å². The molecule has 0 atom stereocenters. The lowest BCUT2D eigenvalue weighted by Gasteiger charge is -2.17. The van der Waals surface area contributed by atoms with Crippen LogP contribution in [0, 0.1) is 0 Å². The van der Waals surface area contributed by atoms with Gasteiger partial charge in [-0.1, -0.05) is 18.2 Å². The van der Waals surface area contributed by atoms with E-state index >= 15 is 0 Å². The molecule has 6 nitrogen and oxygen atoms in total. The summed E-state index contributed by atoms with van der Waals surface area (Å²) in [5, 5.41) is 6.06. The number of aromatic nitrogens is 1. The van der Waals surface area contributed by atoms with Crippen molar-refractivity contribution in [1.29, 1.82) is 0 Å². The van der Waals surface area contributed by atoms with Crippen molar-refractivity contribution in [3.8, 4) is 0 Å². The number of carbonyl (C=O) groups is 2. The van der Waals surface area contributed by atoms with E-state index in [0.717, 1.165) is 5.69 Å². The minimum atomic E-state index is -0.253. The molecule has 0 bridgehead atoms. The van der Waals surface area contributed by atoms with Gasteiger partial charge in [0.1, 0.15) is 0 Å². The Morgan fingerprint density at radius 1 is 1.29 bits per heavy atom. The van der Waals surface area contributed by atoms with Crippen molar-refractivity contribution in [3.63, 3.8) is 0 Å². The van der Waals surface area contributed by atoms with Gasteiger partial charge in [-0.05, 0) is 12.1 Å². The number of benzene rings is 1. The van der Waals surface area contributed by atoms with E-state index in [4.69, 9.17) is 0 Å². The Morgan fingerprint density at radius 2 is 2.00 bits per heavy atom. The van der Waals surface area contributed by atoms with E-state index in [2.05, 4.69) is 15.5 Å². The Labute approximate surface area is 126 Å². The lowest BCUT2D eigenvalue weighted by atomic mass is 10.3. The lowest BCUT2D eigenvalue weighted by molar-refractivity contribution is -0.119. The van der Waals surface area contributed by atoms with Crippen LogP contribution in [0.1, 0.15) is 19.5 Å². The molecule has 108 valence electrons. The summed E-state index contributed by atoms with van der Waals surface area (Å²) in [7, 11) is 0. The molecule has 1 N–H and O–H groups in total. The van der Waals surface area contributed by atoms with Gasteiger partial charge in [0.05, 0.1) is 17.6 Å². The fourth-order valence-corrected chi connectivity index (χ4v) is 2.47. The van der Waals surface area contributed by atoms with E-state index in [1.165, 1.54) is 36.3 Å². The molecule has 21 heavy (non-hydrogen) atoms. The number of hydrogen-bond donors (Lipinski definition) is 1. The lowest BCUT2D eigenvalue weighted by Crippen LogP contribution is -2.22. The van der Waals surface area contributed by atoms with Crippen LogP contribution in [0.25, 0.3) is 0 Å². The monoisotopic (exact) mass is 302 g/mol. The van der Waals surface area contributed by atoms with Crippen LogP contribution in [0.5, 0.6) is 0 Å². The number of nitrogens with one attached hydrogen (secondary N) is 1. The number of amides is 2. The van der Waals surface area contributed by atoms with Crippen molar-refractivity contribution < 1.29 is 9.59 Å². The topological polar surface area (TPSA) is 74.7 Å². The summed E-state index contributed by atoms with van der Waals surface area (Å²) in [4.78, 5) is 28.4. The van der Waals surface area contributed by atoms with E-state index in [1.807, 2.05) is 30.3 Å². The molecule has 0 spiro atoms. The molecule has 0 saturated carbocycles. The summed E-state index contributed by atoms with van der Waals surface area (Å²) in [6, 6.07) is 9.28. The zero-order chi connectivity index (χ0) is 15.2. The predicted octanol–water partition coefficient (Wildman–Crippen LogP) is 2.30. The standard InChI is InChI=1S/C14H14N4O2S/c1-10(19)17-15-8-12-9-21-14(16-12)18(11(2)20)13-6-4-3-5-7-13/h3-9H,1-2H3,(H,17,19)/b15-8-. The van der Waals surface area contributed by atoms with Crippen LogP contribution in [0.2, 0.25) is 0 Å². The second kappa shape index (κ2) is 6.76. The van der Waals surface area contributed by atoms with E-state index in [-0.39, 0.29) is 11.8 Å².